The van der Waals surface area contributed by atoms with Gasteiger partial charge in [-0.2, -0.15) is 0 Å². The number of ketones is 3. The molecule has 1 aliphatic rings. The Balaban J connectivity index is 2.19. The SMILES string of the molecule is O=C(CC[N+](=O)[O-])C1=C(c2ccccc2)C(=O)c2ccccc2C1=O. The van der Waals surface area contributed by atoms with Crippen LogP contribution in [0.1, 0.15) is 32.7 Å². The number of rotatable bonds is 5. The first-order valence-corrected chi connectivity index (χ1v) is 7.64. The zero-order valence-corrected chi connectivity index (χ0v) is 13.1. The van der Waals surface area contributed by atoms with Gasteiger partial charge in [0.25, 0.3) is 0 Å². The quantitative estimate of drug-likeness (QED) is 0.476. The number of benzene rings is 2. The van der Waals surface area contributed by atoms with Crippen molar-refractivity contribution in [3.63, 3.8) is 0 Å². The summed E-state index contributed by atoms with van der Waals surface area (Å²) in [6, 6.07) is 14.7. The Morgan fingerprint density at radius 1 is 0.880 bits per heavy atom. The van der Waals surface area contributed by atoms with Gasteiger partial charge in [0.2, 0.25) is 6.54 Å². The second-order valence-electron chi connectivity index (χ2n) is 5.55. The van der Waals surface area contributed by atoms with E-state index in [0.29, 0.717) is 5.56 Å². The van der Waals surface area contributed by atoms with E-state index in [1.54, 1.807) is 42.5 Å². The van der Waals surface area contributed by atoms with Crippen LogP contribution < -0.4 is 0 Å². The number of fused-ring (bicyclic) bond motifs is 1. The Morgan fingerprint density at radius 3 is 2.04 bits per heavy atom. The highest BCUT2D eigenvalue weighted by Gasteiger charge is 2.36. The number of hydrogen-bond acceptors (Lipinski definition) is 5. The van der Waals surface area contributed by atoms with E-state index in [-0.39, 0.29) is 22.3 Å². The minimum absolute atomic E-state index is 0.0117. The molecule has 0 spiro atoms. The van der Waals surface area contributed by atoms with Crippen molar-refractivity contribution in [2.45, 2.75) is 6.42 Å². The third-order valence-electron chi connectivity index (χ3n) is 3.98. The van der Waals surface area contributed by atoms with Gasteiger partial charge in [0, 0.05) is 21.6 Å². The third kappa shape index (κ3) is 3.01. The molecular formula is C19H13NO5. The number of carbonyl (C=O) groups excluding carboxylic acids is 3. The molecule has 0 radical (unpaired) electrons. The van der Waals surface area contributed by atoms with Crippen molar-refractivity contribution in [3.05, 3.63) is 87.0 Å². The topological polar surface area (TPSA) is 94.3 Å². The van der Waals surface area contributed by atoms with Gasteiger partial charge in [-0.25, -0.2) is 0 Å². The Kier molecular flexibility index (Phi) is 4.35. The van der Waals surface area contributed by atoms with E-state index in [9.17, 15) is 24.5 Å². The normalized spacial score (nSPS) is 13.6. The predicted octanol–water partition coefficient (Wildman–Crippen LogP) is 2.76. The highest BCUT2D eigenvalue weighted by molar-refractivity contribution is 6.47. The minimum atomic E-state index is -0.691. The van der Waals surface area contributed by atoms with E-state index in [0.717, 1.165) is 0 Å². The fourth-order valence-corrected chi connectivity index (χ4v) is 2.84. The molecule has 0 saturated heterocycles. The van der Waals surface area contributed by atoms with Gasteiger partial charge in [0.05, 0.1) is 12.0 Å². The Bertz CT molecular complexity index is 928. The van der Waals surface area contributed by atoms with Crippen LogP contribution in [0.5, 0.6) is 0 Å². The summed E-state index contributed by atoms with van der Waals surface area (Å²) in [6.07, 6.45) is -0.431. The van der Waals surface area contributed by atoms with Crippen molar-refractivity contribution in [1.82, 2.24) is 0 Å². The van der Waals surface area contributed by atoms with Gasteiger partial charge in [-0.3, -0.25) is 24.5 Å². The molecule has 6 heteroatoms. The minimum Gasteiger partial charge on any atom is -0.294 e. The molecule has 0 bridgehead atoms. The van der Waals surface area contributed by atoms with Gasteiger partial charge in [0.15, 0.2) is 17.3 Å². The molecule has 2 aromatic carbocycles. The molecule has 0 aromatic heterocycles. The standard InChI is InChI=1S/C19H13NO5/c21-15(10-11-20(24)25)17-16(12-6-2-1-3-7-12)18(22)13-8-4-5-9-14(13)19(17)23/h1-9H,10-11H2. The van der Waals surface area contributed by atoms with Crippen molar-refractivity contribution >= 4 is 22.9 Å². The average molecular weight is 335 g/mol. The lowest BCUT2D eigenvalue weighted by Crippen LogP contribution is -2.26. The van der Waals surface area contributed by atoms with Crippen LogP contribution in [0, 0.1) is 10.1 Å². The van der Waals surface area contributed by atoms with Gasteiger partial charge >= 0.3 is 0 Å². The molecule has 6 nitrogen and oxygen atoms in total. The third-order valence-corrected chi connectivity index (χ3v) is 3.98. The average Bonchev–Trinajstić information content (AvgIpc) is 2.63. The number of allylic oxidation sites excluding steroid dienone is 2. The van der Waals surface area contributed by atoms with Crippen LogP contribution in [0.4, 0.5) is 0 Å². The van der Waals surface area contributed by atoms with Crippen molar-refractivity contribution in [1.29, 1.82) is 0 Å². The lowest BCUT2D eigenvalue weighted by atomic mass is 9.79. The first-order chi connectivity index (χ1) is 12.0. The molecule has 2 aromatic rings. The van der Waals surface area contributed by atoms with Gasteiger partial charge < -0.3 is 0 Å². The van der Waals surface area contributed by atoms with Gasteiger partial charge in [0.1, 0.15) is 0 Å². The van der Waals surface area contributed by atoms with Crippen molar-refractivity contribution in [2.75, 3.05) is 6.54 Å². The van der Waals surface area contributed by atoms with Crippen LogP contribution in [0.25, 0.3) is 5.57 Å². The largest absolute Gasteiger partial charge is 0.294 e. The highest BCUT2D eigenvalue weighted by atomic mass is 16.6. The van der Waals surface area contributed by atoms with E-state index >= 15 is 0 Å². The number of Topliss-reactive ketones (excluding diaryl/α,β-unsaturated/α-hetero) is 3. The van der Waals surface area contributed by atoms with Crippen LogP contribution in [0.2, 0.25) is 0 Å². The van der Waals surface area contributed by atoms with Gasteiger partial charge in [-0.05, 0) is 5.56 Å². The Hall–Kier alpha value is -3.41. The molecule has 0 fully saturated rings. The van der Waals surface area contributed by atoms with Crippen molar-refractivity contribution in [2.24, 2.45) is 0 Å². The molecule has 0 aliphatic heterocycles. The first-order valence-electron chi connectivity index (χ1n) is 7.64. The Labute approximate surface area is 142 Å². The second kappa shape index (κ2) is 6.60. The molecule has 3 rings (SSSR count). The first kappa shape index (κ1) is 16.4. The summed E-state index contributed by atoms with van der Waals surface area (Å²) in [7, 11) is 0. The second-order valence-corrected chi connectivity index (χ2v) is 5.55. The van der Waals surface area contributed by atoms with Crippen LogP contribution in [0.3, 0.4) is 0 Å². The summed E-state index contributed by atoms with van der Waals surface area (Å²) in [5.41, 5.74) is 0.572. The van der Waals surface area contributed by atoms with Crippen LogP contribution in [-0.2, 0) is 4.79 Å². The van der Waals surface area contributed by atoms with Crippen molar-refractivity contribution in [3.8, 4) is 0 Å². The number of carbonyl (C=O) groups is 3. The molecule has 0 heterocycles. The van der Waals surface area contributed by atoms with Crippen LogP contribution in [0.15, 0.2) is 60.2 Å². The van der Waals surface area contributed by atoms with Crippen LogP contribution in [-0.4, -0.2) is 28.8 Å². The molecule has 124 valence electrons. The number of nitrogens with zero attached hydrogens (tertiary/aromatic N) is 1. The van der Waals surface area contributed by atoms with E-state index in [1.165, 1.54) is 12.1 Å². The fourth-order valence-electron chi connectivity index (χ4n) is 2.84. The lowest BCUT2D eigenvalue weighted by Gasteiger charge is -2.20. The van der Waals surface area contributed by atoms with E-state index in [2.05, 4.69) is 0 Å². The summed E-state index contributed by atoms with van der Waals surface area (Å²) in [6.45, 7) is -0.590. The lowest BCUT2D eigenvalue weighted by molar-refractivity contribution is -0.478. The zero-order chi connectivity index (χ0) is 18.0. The molecule has 0 N–H and O–H groups in total. The molecular weight excluding hydrogens is 322 g/mol. The molecule has 0 unspecified atom stereocenters. The number of hydrogen-bond donors (Lipinski definition) is 0. The summed E-state index contributed by atoms with van der Waals surface area (Å²) in [4.78, 5) is 48.2. The summed E-state index contributed by atoms with van der Waals surface area (Å²) in [5.74, 6) is -1.68. The van der Waals surface area contributed by atoms with Gasteiger partial charge in [-0.1, -0.05) is 54.6 Å². The maximum Gasteiger partial charge on any atom is 0.211 e. The fraction of sp³-hybridized carbons (Fsp3) is 0.105. The predicted molar refractivity (Wildman–Crippen MR) is 90.0 cm³/mol. The molecule has 0 saturated carbocycles. The molecule has 1 aliphatic carbocycles. The van der Waals surface area contributed by atoms with E-state index in [1.807, 2.05) is 0 Å². The van der Waals surface area contributed by atoms with Gasteiger partial charge in [-0.15, -0.1) is 0 Å². The zero-order valence-electron chi connectivity index (χ0n) is 13.1. The monoisotopic (exact) mass is 335 g/mol. The molecule has 0 amide bonds. The van der Waals surface area contributed by atoms with E-state index in [4.69, 9.17) is 0 Å². The Morgan fingerprint density at radius 2 is 1.44 bits per heavy atom. The van der Waals surface area contributed by atoms with E-state index < -0.39 is 35.2 Å². The van der Waals surface area contributed by atoms with Crippen molar-refractivity contribution < 1.29 is 19.3 Å². The summed E-state index contributed by atoms with van der Waals surface area (Å²) >= 11 is 0. The summed E-state index contributed by atoms with van der Waals surface area (Å²) in [5, 5.41) is 10.6. The molecule has 0 atom stereocenters. The van der Waals surface area contributed by atoms with Crippen LogP contribution >= 0.6 is 0 Å². The maximum absolute atomic E-state index is 12.9. The smallest absolute Gasteiger partial charge is 0.211 e. The summed E-state index contributed by atoms with van der Waals surface area (Å²) < 4.78 is 0. The maximum atomic E-state index is 12.9. The molecule has 25 heavy (non-hydrogen) atoms. The highest BCUT2D eigenvalue weighted by Crippen LogP contribution is 2.33. The number of nitro groups is 1.